The summed E-state index contributed by atoms with van der Waals surface area (Å²) in [6.07, 6.45) is 5.00. The second-order valence-electron chi connectivity index (χ2n) is 5.04. The largest absolute Gasteiger partial charge is 0.372 e. The lowest BCUT2D eigenvalue weighted by Gasteiger charge is -2.42. The summed E-state index contributed by atoms with van der Waals surface area (Å²) < 4.78 is 0. The number of rotatable bonds is 5. The van der Waals surface area contributed by atoms with E-state index in [1.807, 2.05) is 6.92 Å². The van der Waals surface area contributed by atoms with Gasteiger partial charge in [0.1, 0.15) is 12.0 Å². The second kappa shape index (κ2) is 5.44. The number of nitrogens with zero attached hydrogens (tertiary/aromatic N) is 2. The summed E-state index contributed by atoms with van der Waals surface area (Å²) >= 11 is 0. The Kier molecular flexibility index (Phi) is 3.87. The molecule has 1 aromatic heterocycles. The number of nitrogens with one attached hydrogen (secondary N) is 2. The highest BCUT2D eigenvalue weighted by Crippen LogP contribution is 2.35. The smallest absolute Gasteiger partial charge is 0.288 e. The van der Waals surface area contributed by atoms with Crippen molar-refractivity contribution in [3.8, 4) is 0 Å². The molecule has 1 aliphatic carbocycles. The SMILES string of the molecule is CCC1(NC(=O)c2cc([N+](=O)[O-])cnc2NC)CCC1. The van der Waals surface area contributed by atoms with Gasteiger partial charge in [-0.3, -0.25) is 14.9 Å². The first-order valence-electron chi connectivity index (χ1n) is 6.66. The van der Waals surface area contributed by atoms with Gasteiger partial charge in [-0.15, -0.1) is 0 Å². The van der Waals surface area contributed by atoms with Crippen molar-refractivity contribution < 1.29 is 9.72 Å². The third-order valence-electron chi connectivity index (χ3n) is 3.93. The maximum absolute atomic E-state index is 12.4. The molecule has 7 nitrogen and oxygen atoms in total. The molecule has 0 aromatic carbocycles. The molecule has 0 spiro atoms. The molecule has 0 aliphatic heterocycles. The predicted octanol–water partition coefficient (Wildman–Crippen LogP) is 2.09. The molecule has 20 heavy (non-hydrogen) atoms. The molecule has 0 saturated heterocycles. The fourth-order valence-corrected chi connectivity index (χ4v) is 2.40. The molecule has 0 unspecified atom stereocenters. The number of amides is 1. The Bertz CT molecular complexity index is 535. The summed E-state index contributed by atoms with van der Waals surface area (Å²) in [6.45, 7) is 2.03. The Morgan fingerprint density at radius 1 is 1.55 bits per heavy atom. The Morgan fingerprint density at radius 3 is 2.70 bits per heavy atom. The van der Waals surface area contributed by atoms with Gasteiger partial charge in [0, 0.05) is 18.7 Å². The minimum atomic E-state index is -0.553. The lowest BCUT2D eigenvalue weighted by atomic mass is 9.74. The lowest BCUT2D eigenvalue weighted by Crippen LogP contribution is -2.53. The van der Waals surface area contributed by atoms with E-state index in [2.05, 4.69) is 15.6 Å². The molecule has 0 atom stereocenters. The van der Waals surface area contributed by atoms with Gasteiger partial charge in [-0.1, -0.05) is 6.92 Å². The van der Waals surface area contributed by atoms with Crippen LogP contribution in [-0.4, -0.2) is 28.4 Å². The third-order valence-corrected chi connectivity index (χ3v) is 3.93. The summed E-state index contributed by atoms with van der Waals surface area (Å²) in [6, 6.07) is 1.26. The van der Waals surface area contributed by atoms with Crippen molar-refractivity contribution in [1.82, 2.24) is 10.3 Å². The van der Waals surface area contributed by atoms with Gasteiger partial charge in [-0.05, 0) is 25.7 Å². The molecule has 1 aromatic rings. The van der Waals surface area contributed by atoms with E-state index >= 15 is 0 Å². The summed E-state index contributed by atoms with van der Waals surface area (Å²) in [5.41, 5.74) is -0.137. The summed E-state index contributed by atoms with van der Waals surface area (Å²) in [5, 5.41) is 16.6. The van der Waals surface area contributed by atoms with E-state index in [1.165, 1.54) is 6.07 Å². The first-order chi connectivity index (χ1) is 9.51. The molecule has 1 heterocycles. The first-order valence-corrected chi connectivity index (χ1v) is 6.66. The average Bonchev–Trinajstić information content (AvgIpc) is 2.41. The van der Waals surface area contributed by atoms with Crippen molar-refractivity contribution in [2.24, 2.45) is 0 Å². The summed E-state index contributed by atoms with van der Waals surface area (Å²) in [5.74, 6) is 0.0331. The van der Waals surface area contributed by atoms with Crippen LogP contribution in [0.5, 0.6) is 0 Å². The molecule has 108 valence electrons. The Balaban J connectivity index is 2.27. The van der Waals surface area contributed by atoms with Crippen molar-refractivity contribution in [2.75, 3.05) is 12.4 Å². The minimum Gasteiger partial charge on any atom is -0.372 e. The summed E-state index contributed by atoms with van der Waals surface area (Å²) in [4.78, 5) is 26.5. The van der Waals surface area contributed by atoms with E-state index in [1.54, 1.807) is 7.05 Å². The van der Waals surface area contributed by atoms with Crippen LogP contribution in [0.1, 0.15) is 43.0 Å². The van der Waals surface area contributed by atoms with Gasteiger partial charge in [0.2, 0.25) is 0 Å². The van der Waals surface area contributed by atoms with Crippen LogP contribution >= 0.6 is 0 Å². The van der Waals surface area contributed by atoms with Gasteiger partial charge in [-0.25, -0.2) is 4.98 Å². The zero-order valence-corrected chi connectivity index (χ0v) is 11.6. The number of hydrogen-bond acceptors (Lipinski definition) is 5. The molecule has 0 bridgehead atoms. The normalized spacial score (nSPS) is 16.1. The quantitative estimate of drug-likeness (QED) is 0.635. The zero-order valence-electron chi connectivity index (χ0n) is 11.6. The number of carbonyl (C=O) groups excluding carboxylic acids is 1. The minimum absolute atomic E-state index is 0.160. The van der Waals surface area contributed by atoms with Gasteiger partial charge < -0.3 is 10.6 Å². The van der Waals surface area contributed by atoms with E-state index in [4.69, 9.17) is 0 Å². The van der Waals surface area contributed by atoms with Crippen LogP contribution in [0.15, 0.2) is 12.3 Å². The van der Waals surface area contributed by atoms with Crippen molar-refractivity contribution in [3.05, 3.63) is 27.9 Å². The van der Waals surface area contributed by atoms with Crippen LogP contribution in [0.25, 0.3) is 0 Å². The highest BCUT2D eigenvalue weighted by molar-refractivity contribution is 5.99. The van der Waals surface area contributed by atoms with E-state index < -0.39 is 4.92 Å². The zero-order chi connectivity index (χ0) is 14.8. The van der Waals surface area contributed by atoms with E-state index in [9.17, 15) is 14.9 Å². The molecule has 1 amide bonds. The number of carbonyl (C=O) groups is 1. The van der Waals surface area contributed by atoms with Crippen LogP contribution < -0.4 is 10.6 Å². The topological polar surface area (TPSA) is 97.2 Å². The fourth-order valence-electron chi connectivity index (χ4n) is 2.40. The van der Waals surface area contributed by atoms with Crippen molar-refractivity contribution in [1.29, 1.82) is 0 Å². The standard InChI is InChI=1S/C13H18N4O3/c1-3-13(5-4-6-13)16-12(18)10-7-9(17(19)20)8-15-11(10)14-2/h7-8H,3-6H2,1-2H3,(H,14,15)(H,16,18). The molecule has 1 fully saturated rings. The van der Waals surface area contributed by atoms with Gasteiger partial charge in [0.15, 0.2) is 0 Å². The van der Waals surface area contributed by atoms with Crippen LogP contribution in [0, 0.1) is 10.1 Å². The van der Waals surface area contributed by atoms with E-state index in [0.717, 1.165) is 31.9 Å². The van der Waals surface area contributed by atoms with Gasteiger partial charge in [0.05, 0.1) is 10.5 Å². The molecule has 7 heteroatoms. The van der Waals surface area contributed by atoms with Crippen LogP contribution in [0.3, 0.4) is 0 Å². The number of aromatic nitrogens is 1. The second-order valence-corrected chi connectivity index (χ2v) is 5.04. The highest BCUT2D eigenvalue weighted by atomic mass is 16.6. The highest BCUT2D eigenvalue weighted by Gasteiger charge is 2.37. The molecular formula is C13H18N4O3. The number of nitro groups is 1. The number of hydrogen-bond donors (Lipinski definition) is 2. The maximum atomic E-state index is 12.4. The van der Waals surface area contributed by atoms with Gasteiger partial charge in [-0.2, -0.15) is 0 Å². The fraction of sp³-hybridized carbons (Fsp3) is 0.538. The first kappa shape index (κ1) is 14.2. The summed E-state index contributed by atoms with van der Waals surface area (Å²) in [7, 11) is 1.63. The van der Waals surface area contributed by atoms with Crippen LogP contribution in [0.2, 0.25) is 0 Å². The number of pyridine rings is 1. The lowest BCUT2D eigenvalue weighted by molar-refractivity contribution is -0.385. The average molecular weight is 278 g/mol. The monoisotopic (exact) mass is 278 g/mol. The Morgan fingerprint density at radius 2 is 2.25 bits per heavy atom. The van der Waals surface area contributed by atoms with Crippen molar-refractivity contribution in [2.45, 2.75) is 38.1 Å². The molecule has 0 radical (unpaired) electrons. The van der Waals surface area contributed by atoms with Gasteiger partial charge >= 0.3 is 0 Å². The molecule has 2 rings (SSSR count). The Labute approximate surface area is 116 Å². The van der Waals surface area contributed by atoms with Crippen LogP contribution in [0.4, 0.5) is 11.5 Å². The maximum Gasteiger partial charge on any atom is 0.288 e. The molecule has 2 N–H and O–H groups in total. The van der Waals surface area contributed by atoms with Crippen molar-refractivity contribution in [3.63, 3.8) is 0 Å². The third kappa shape index (κ3) is 2.56. The molecule has 1 saturated carbocycles. The van der Waals surface area contributed by atoms with Crippen LogP contribution in [-0.2, 0) is 0 Å². The molecule has 1 aliphatic rings. The number of anilines is 1. The van der Waals surface area contributed by atoms with E-state index in [0.29, 0.717) is 5.82 Å². The predicted molar refractivity (Wildman–Crippen MR) is 74.8 cm³/mol. The van der Waals surface area contributed by atoms with Crippen molar-refractivity contribution >= 4 is 17.4 Å². The Hall–Kier alpha value is -2.18. The molecular weight excluding hydrogens is 260 g/mol. The van der Waals surface area contributed by atoms with Gasteiger partial charge in [0.25, 0.3) is 11.6 Å². The van der Waals surface area contributed by atoms with E-state index in [-0.39, 0.29) is 22.7 Å².